The van der Waals surface area contributed by atoms with Gasteiger partial charge in [0.15, 0.2) is 24.4 Å². The predicted molar refractivity (Wildman–Crippen MR) is 71.3 cm³/mol. The van der Waals surface area contributed by atoms with Crippen LogP contribution < -0.4 is 19.5 Å². The Labute approximate surface area is 117 Å². The molecule has 0 bridgehead atoms. The van der Waals surface area contributed by atoms with Crippen molar-refractivity contribution in [2.75, 3.05) is 19.9 Å². The van der Waals surface area contributed by atoms with Gasteiger partial charge in [0, 0.05) is 12.6 Å². The zero-order chi connectivity index (χ0) is 14.5. The van der Waals surface area contributed by atoms with Crippen LogP contribution in [0.3, 0.4) is 0 Å². The minimum absolute atomic E-state index is 0.117. The van der Waals surface area contributed by atoms with Gasteiger partial charge in [0.05, 0.1) is 5.56 Å². The van der Waals surface area contributed by atoms with E-state index in [0.29, 0.717) is 41.6 Å². The van der Waals surface area contributed by atoms with Gasteiger partial charge in [0.2, 0.25) is 6.79 Å². The van der Waals surface area contributed by atoms with E-state index in [9.17, 15) is 9.59 Å². The quantitative estimate of drug-likeness (QED) is 0.796. The van der Waals surface area contributed by atoms with E-state index in [4.69, 9.17) is 14.2 Å². The zero-order valence-corrected chi connectivity index (χ0v) is 11.5. The number of aldehydes is 1. The lowest BCUT2D eigenvalue weighted by atomic mass is 10.2. The third-order valence-electron chi connectivity index (χ3n) is 2.70. The van der Waals surface area contributed by atoms with Crippen molar-refractivity contribution >= 4 is 12.2 Å². The van der Waals surface area contributed by atoms with Gasteiger partial charge in [-0.2, -0.15) is 0 Å². The largest absolute Gasteiger partial charge is 0.483 e. The van der Waals surface area contributed by atoms with Gasteiger partial charge in [-0.25, -0.2) is 0 Å². The number of benzene rings is 1. The summed E-state index contributed by atoms with van der Waals surface area (Å²) in [5.41, 5.74) is 0.325. The van der Waals surface area contributed by atoms with Gasteiger partial charge < -0.3 is 19.5 Å². The zero-order valence-electron chi connectivity index (χ0n) is 11.5. The fourth-order valence-electron chi connectivity index (χ4n) is 1.67. The molecule has 1 aliphatic heterocycles. The number of ether oxygens (including phenoxy) is 3. The third-order valence-corrected chi connectivity index (χ3v) is 2.70. The number of carbonyl (C=O) groups is 2. The van der Waals surface area contributed by atoms with Crippen LogP contribution in [0.5, 0.6) is 17.2 Å². The van der Waals surface area contributed by atoms with Crippen molar-refractivity contribution in [3.8, 4) is 17.2 Å². The topological polar surface area (TPSA) is 73.9 Å². The molecule has 1 aromatic rings. The van der Waals surface area contributed by atoms with Crippen molar-refractivity contribution in [1.29, 1.82) is 0 Å². The third kappa shape index (κ3) is 3.40. The lowest BCUT2D eigenvalue weighted by Gasteiger charge is -2.11. The molecule has 0 saturated heterocycles. The van der Waals surface area contributed by atoms with E-state index in [2.05, 4.69) is 5.32 Å². The van der Waals surface area contributed by atoms with Crippen molar-refractivity contribution in [2.45, 2.75) is 13.8 Å². The summed E-state index contributed by atoms with van der Waals surface area (Å²) in [4.78, 5) is 22.6. The van der Waals surface area contributed by atoms with Crippen LogP contribution in [-0.4, -0.2) is 32.1 Å². The molecule has 0 saturated carbocycles. The van der Waals surface area contributed by atoms with Gasteiger partial charge in [-0.3, -0.25) is 9.59 Å². The van der Waals surface area contributed by atoms with Crippen molar-refractivity contribution in [1.82, 2.24) is 5.32 Å². The van der Waals surface area contributed by atoms with Gasteiger partial charge in [-0.1, -0.05) is 13.8 Å². The summed E-state index contributed by atoms with van der Waals surface area (Å²) in [6.45, 7) is 4.57. The van der Waals surface area contributed by atoms with Crippen LogP contribution in [0.15, 0.2) is 12.1 Å². The van der Waals surface area contributed by atoms with E-state index in [1.54, 1.807) is 6.07 Å². The Morgan fingerprint density at radius 3 is 2.75 bits per heavy atom. The second kappa shape index (κ2) is 6.27. The minimum atomic E-state index is -0.229. The summed E-state index contributed by atoms with van der Waals surface area (Å²) in [5.74, 6) is 1.46. The van der Waals surface area contributed by atoms with E-state index >= 15 is 0 Å². The summed E-state index contributed by atoms with van der Waals surface area (Å²) in [6, 6.07) is 3.10. The summed E-state index contributed by atoms with van der Waals surface area (Å²) < 4.78 is 15.7. The Kier molecular flexibility index (Phi) is 4.45. The molecule has 6 heteroatoms. The van der Waals surface area contributed by atoms with Gasteiger partial charge >= 0.3 is 0 Å². The van der Waals surface area contributed by atoms with Gasteiger partial charge in [0.1, 0.15) is 5.75 Å². The Hall–Kier alpha value is -2.24. The van der Waals surface area contributed by atoms with Crippen LogP contribution in [0, 0.1) is 5.92 Å². The van der Waals surface area contributed by atoms with E-state index in [0.717, 1.165) is 0 Å². The standard InChI is InChI=1S/C14H17NO5/c1-9(2)5-15-14(17)7-18-11-4-13-12(19-8-20-13)3-10(11)6-16/h3-4,6,9H,5,7-8H2,1-2H3,(H,15,17). The van der Waals surface area contributed by atoms with Crippen molar-refractivity contribution in [3.05, 3.63) is 17.7 Å². The van der Waals surface area contributed by atoms with E-state index in [-0.39, 0.29) is 19.3 Å². The van der Waals surface area contributed by atoms with Gasteiger partial charge in [0.25, 0.3) is 5.91 Å². The molecule has 1 aliphatic rings. The number of nitrogens with one attached hydrogen (secondary N) is 1. The molecule has 1 amide bonds. The molecule has 1 N–H and O–H groups in total. The highest BCUT2D eigenvalue weighted by Gasteiger charge is 2.18. The first kappa shape index (κ1) is 14.2. The molecule has 0 atom stereocenters. The number of hydrogen-bond acceptors (Lipinski definition) is 5. The first-order valence-corrected chi connectivity index (χ1v) is 6.38. The highest BCUT2D eigenvalue weighted by Crippen LogP contribution is 2.37. The molecule has 1 heterocycles. The van der Waals surface area contributed by atoms with Crippen molar-refractivity contribution in [2.24, 2.45) is 5.92 Å². The van der Waals surface area contributed by atoms with Crippen LogP contribution in [0.2, 0.25) is 0 Å². The molecule has 0 unspecified atom stereocenters. The van der Waals surface area contributed by atoms with E-state index < -0.39 is 0 Å². The van der Waals surface area contributed by atoms with Crippen LogP contribution in [0.1, 0.15) is 24.2 Å². The van der Waals surface area contributed by atoms with Crippen LogP contribution in [0.25, 0.3) is 0 Å². The second-order valence-electron chi connectivity index (χ2n) is 4.85. The SMILES string of the molecule is CC(C)CNC(=O)COc1cc2c(cc1C=O)OCO2. The average Bonchev–Trinajstić information content (AvgIpc) is 2.88. The van der Waals surface area contributed by atoms with Gasteiger partial charge in [-0.05, 0) is 12.0 Å². The smallest absolute Gasteiger partial charge is 0.257 e. The van der Waals surface area contributed by atoms with Crippen molar-refractivity contribution < 1.29 is 23.8 Å². The fraction of sp³-hybridized carbons (Fsp3) is 0.429. The maximum Gasteiger partial charge on any atom is 0.257 e. The minimum Gasteiger partial charge on any atom is -0.483 e. The molecule has 0 fully saturated rings. The number of amides is 1. The average molecular weight is 279 g/mol. The second-order valence-corrected chi connectivity index (χ2v) is 4.85. The lowest BCUT2D eigenvalue weighted by Crippen LogP contribution is -2.31. The number of fused-ring (bicyclic) bond motifs is 1. The number of rotatable bonds is 6. The molecular formula is C14H17NO5. The summed E-state index contributed by atoms with van der Waals surface area (Å²) in [5, 5.41) is 2.73. The molecule has 20 heavy (non-hydrogen) atoms. The Morgan fingerprint density at radius 2 is 2.10 bits per heavy atom. The lowest BCUT2D eigenvalue weighted by molar-refractivity contribution is -0.123. The molecule has 2 rings (SSSR count). The molecule has 6 nitrogen and oxygen atoms in total. The normalized spacial score (nSPS) is 12.3. The molecule has 108 valence electrons. The Balaban J connectivity index is 1.98. The summed E-state index contributed by atoms with van der Waals surface area (Å²) in [7, 11) is 0. The number of hydrogen-bond donors (Lipinski definition) is 1. The monoisotopic (exact) mass is 279 g/mol. The molecule has 0 radical (unpaired) electrons. The number of carbonyl (C=O) groups excluding carboxylic acids is 2. The first-order valence-electron chi connectivity index (χ1n) is 6.38. The Bertz CT molecular complexity index is 513. The molecular weight excluding hydrogens is 262 g/mol. The first-order chi connectivity index (χ1) is 9.60. The maximum absolute atomic E-state index is 11.6. The Morgan fingerprint density at radius 1 is 1.40 bits per heavy atom. The fourth-order valence-corrected chi connectivity index (χ4v) is 1.67. The van der Waals surface area contributed by atoms with Gasteiger partial charge in [-0.15, -0.1) is 0 Å². The van der Waals surface area contributed by atoms with Crippen molar-refractivity contribution in [3.63, 3.8) is 0 Å². The summed E-state index contributed by atoms with van der Waals surface area (Å²) in [6.07, 6.45) is 0.656. The van der Waals surface area contributed by atoms with Crippen LogP contribution in [-0.2, 0) is 4.79 Å². The predicted octanol–water partition coefficient (Wildman–Crippen LogP) is 1.38. The highest BCUT2D eigenvalue weighted by molar-refractivity contribution is 5.82. The summed E-state index contributed by atoms with van der Waals surface area (Å²) >= 11 is 0. The van der Waals surface area contributed by atoms with Crippen LogP contribution in [0.4, 0.5) is 0 Å². The van der Waals surface area contributed by atoms with Crippen LogP contribution >= 0.6 is 0 Å². The molecule has 0 aromatic heterocycles. The van der Waals surface area contributed by atoms with E-state index in [1.807, 2.05) is 13.8 Å². The molecule has 0 aliphatic carbocycles. The molecule has 0 spiro atoms. The highest BCUT2D eigenvalue weighted by atomic mass is 16.7. The van der Waals surface area contributed by atoms with E-state index in [1.165, 1.54) is 6.07 Å². The molecule has 1 aromatic carbocycles. The maximum atomic E-state index is 11.6.